The Morgan fingerprint density at radius 2 is 1.52 bits per heavy atom. The molecule has 9 atom stereocenters. The largest absolute Gasteiger partial charge is 0.459 e. The first-order valence-electron chi connectivity index (χ1n) is 9.61. The zero-order valence-corrected chi connectivity index (χ0v) is 16.9. The van der Waals surface area contributed by atoms with Crippen molar-refractivity contribution in [2.45, 2.75) is 102 Å². The number of carbonyl (C=O) groups excluding carboxylic acids is 1. The van der Waals surface area contributed by atoms with E-state index >= 15 is 0 Å². The fourth-order valence-electron chi connectivity index (χ4n) is 3.55. The second-order valence-corrected chi connectivity index (χ2v) is 8.52. The predicted molar refractivity (Wildman–Crippen MR) is 97.6 cm³/mol. The molecule has 1 heterocycles. The standard InChI is InChI=1S/C19H36O8/c1-6-16-19(5,26)15(23)7-12(20)10(2)9-18(4,25)14(22)8-13(21)11(3)17(24)27-16/h10-16,20-23,25-26H,6-9H2,1-5H3/t10-,11-,12-,13+,14-,15-,16?,18-,19+/m1/s1. The summed E-state index contributed by atoms with van der Waals surface area (Å²) in [6.07, 6.45) is -6.28. The van der Waals surface area contributed by atoms with Gasteiger partial charge in [0, 0.05) is 12.8 Å². The second kappa shape index (κ2) is 9.15. The third kappa shape index (κ3) is 5.85. The van der Waals surface area contributed by atoms with Gasteiger partial charge in [0.25, 0.3) is 0 Å². The van der Waals surface area contributed by atoms with Crippen LogP contribution in [0, 0.1) is 11.8 Å². The van der Waals surface area contributed by atoms with Gasteiger partial charge >= 0.3 is 5.97 Å². The van der Waals surface area contributed by atoms with Gasteiger partial charge < -0.3 is 35.4 Å². The number of aliphatic hydroxyl groups excluding tert-OH is 4. The molecule has 1 fully saturated rings. The molecule has 0 saturated carbocycles. The fourth-order valence-corrected chi connectivity index (χ4v) is 3.55. The predicted octanol–water partition coefficient (Wildman–Crippen LogP) is -0.290. The first-order valence-corrected chi connectivity index (χ1v) is 9.61. The van der Waals surface area contributed by atoms with E-state index in [4.69, 9.17) is 4.74 Å². The first kappa shape index (κ1) is 24.3. The normalized spacial score (nSPS) is 48.6. The monoisotopic (exact) mass is 392 g/mol. The van der Waals surface area contributed by atoms with E-state index in [-0.39, 0.29) is 25.7 Å². The van der Waals surface area contributed by atoms with Crippen molar-refractivity contribution in [2.24, 2.45) is 11.8 Å². The molecule has 8 heteroatoms. The smallest absolute Gasteiger partial charge is 0.311 e. The van der Waals surface area contributed by atoms with Gasteiger partial charge in [-0.1, -0.05) is 13.8 Å². The van der Waals surface area contributed by atoms with Crippen LogP contribution < -0.4 is 0 Å². The lowest BCUT2D eigenvalue weighted by molar-refractivity contribution is -0.191. The molecule has 27 heavy (non-hydrogen) atoms. The third-order valence-electron chi connectivity index (χ3n) is 5.94. The van der Waals surface area contributed by atoms with Crippen LogP contribution in [0.3, 0.4) is 0 Å². The summed E-state index contributed by atoms with van der Waals surface area (Å²) in [6.45, 7) is 7.51. The Labute approximate surface area is 160 Å². The zero-order chi connectivity index (χ0) is 21.2. The summed E-state index contributed by atoms with van der Waals surface area (Å²) in [5.74, 6) is -2.27. The number of ether oxygens (including phenoxy) is 1. The summed E-state index contributed by atoms with van der Waals surface area (Å²) in [4.78, 5) is 12.4. The Bertz CT molecular complexity index is 492. The lowest BCUT2D eigenvalue weighted by atomic mass is 9.79. The minimum Gasteiger partial charge on any atom is -0.459 e. The van der Waals surface area contributed by atoms with Gasteiger partial charge in [0.05, 0.1) is 35.9 Å². The van der Waals surface area contributed by atoms with E-state index < -0.39 is 59.5 Å². The minimum absolute atomic E-state index is 0.00689. The zero-order valence-electron chi connectivity index (χ0n) is 16.9. The minimum atomic E-state index is -1.80. The van der Waals surface area contributed by atoms with Crippen molar-refractivity contribution in [3.63, 3.8) is 0 Å². The molecule has 6 N–H and O–H groups in total. The van der Waals surface area contributed by atoms with E-state index in [1.54, 1.807) is 13.8 Å². The molecule has 0 amide bonds. The maximum Gasteiger partial charge on any atom is 0.311 e. The van der Waals surface area contributed by atoms with Crippen LogP contribution in [0.5, 0.6) is 0 Å². The van der Waals surface area contributed by atoms with Gasteiger partial charge in [-0.25, -0.2) is 0 Å². The number of cyclic esters (lactones) is 1. The summed E-state index contributed by atoms with van der Waals surface area (Å²) in [6, 6.07) is 0. The quantitative estimate of drug-likeness (QED) is 0.334. The molecule has 8 nitrogen and oxygen atoms in total. The maximum atomic E-state index is 12.4. The Hall–Kier alpha value is -0.770. The number of esters is 1. The van der Waals surface area contributed by atoms with Gasteiger partial charge in [0.15, 0.2) is 0 Å². The summed E-state index contributed by atoms with van der Waals surface area (Å²) in [5, 5.41) is 62.8. The van der Waals surface area contributed by atoms with Crippen LogP contribution in [0.2, 0.25) is 0 Å². The van der Waals surface area contributed by atoms with Crippen molar-refractivity contribution < 1.29 is 40.2 Å². The van der Waals surface area contributed by atoms with Gasteiger partial charge in [0.1, 0.15) is 11.7 Å². The van der Waals surface area contributed by atoms with Crippen molar-refractivity contribution in [1.82, 2.24) is 0 Å². The van der Waals surface area contributed by atoms with E-state index in [1.807, 2.05) is 0 Å². The Balaban J connectivity index is 3.21. The molecule has 0 aromatic carbocycles. The van der Waals surface area contributed by atoms with Crippen molar-refractivity contribution in [1.29, 1.82) is 0 Å². The summed E-state index contributed by atoms with van der Waals surface area (Å²) in [5.41, 5.74) is -3.42. The van der Waals surface area contributed by atoms with Crippen LogP contribution in [-0.4, -0.2) is 78.3 Å². The topological polar surface area (TPSA) is 148 Å². The highest BCUT2D eigenvalue weighted by Crippen LogP contribution is 2.31. The highest BCUT2D eigenvalue weighted by Gasteiger charge is 2.44. The van der Waals surface area contributed by atoms with Crippen LogP contribution in [0.4, 0.5) is 0 Å². The van der Waals surface area contributed by atoms with Gasteiger partial charge in [-0.05, 0) is 39.5 Å². The summed E-state index contributed by atoms with van der Waals surface area (Å²) in [7, 11) is 0. The molecule has 1 aliphatic heterocycles. The highest BCUT2D eigenvalue weighted by molar-refractivity contribution is 5.73. The van der Waals surface area contributed by atoms with E-state index in [1.165, 1.54) is 20.8 Å². The van der Waals surface area contributed by atoms with Crippen LogP contribution in [0.25, 0.3) is 0 Å². The van der Waals surface area contributed by atoms with Crippen LogP contribution in [-0.2, 0) is 9.53 Å². The molecule has 1 rings (SSSR count). The second-order valence-electron chi connectivity index (χ2n) is 8.52. The molecular formula is C19H36O8. The Morgan fingerprint density at radius 1 is 1.00 bits per heavy atom. The van der Waals surface area contributed by atoms with E-state index in [9.17, 15) is 35.4 Å². The van der Waals surface area contributed by atoms with E-state index in [0.717, 1.165) is 0 Å². The Kier molecular flexibility index (Phi) is 8.23. The number of hydrogen-bond acceptors (Lipinski definition) is 8. The van der Waals surface area contributed by atoms with Crippen molar-refractivity contribution in [3.05, 3.63) is 0 Å². The molecule has 0 radical (unpaired) electrons. The van der Waals surface area contributed by atoms with Gasteiger partial charge in [-0.15, -0.1) is 0 Å². The summed E-state index contributed by atoms with van der Waals surface area (Å²) < 4.78 is 5.33. The Morgan fingerprint density at radius 3 is 2.04 bits per heavy atom. The lowest BCUT2D eigenvalue weighted by Crippen LogP contribution is -2.54. The van der Waals surface area contributed by atoms with Crippen LogP contribution in [0.1, 0.15) is 60.3 Å². The average molecular weight is 392 g/mol. The van der Waals surface area contributed by atoms with Gasteiger partial charge in [0.2, 0.25) is 0 Å². The number of rotatable bonds is 1. The average Bonchev–Trinajstić information content (AvgIpc) is 2.56. The highest BCUT2D eigenvalue weighted by atomic mass is 16.6. The van der Waals surface area contributed by atoms with E-state index in [2.05, 4.69) is 0 Å². The molecule has 0 bridgehead atoms. The van der Waals surface area contributed by atoms with Gasteiger partial charge in [-0.3, -0.25) is 4.79 Å². The molecule has 160 valence electrons. The van der Waals surface area contributed by atoms with Crippen molar-refractivity contribution >= 4 is 5.97 Å². The molecule has 0 aromatic heterocycles. The molecular weight excluding hydrogens is 356 g/mol. The van der Waals surface area contributed by atoms with E-state index in [0.29, 0.717) is 0 Å². The maximum absolute atomic E-state index is 12.4. The van der Waals surface area contributed by atoms with Crippen molar-refractivity contribution in [3.8, 4) is 0 Å². The molecule has 0 aromatic rings. The van der Waals surface area contributed by atoms with Crippen LogP contribution >= 0.6 is 0 Å². The molecule has 1 aliphatic rings. The molecule has 1 saturated heterocycles. The third-order valence-corrected chi connectivity index (χ3v) is 5.94. The first-order chi connectivity index (χ1) is 12.2. The molecule has 0 aliphatic carbocycles. The number of hydrogen-bond donors (Lipinski definition) is 6. The fraction of sp³-hybridized carbons (Fsp3) is 0.947. The van der Waals surface area contributed by atoms with Gasteiger partial charge in [-0.2, -0.15) is 0 Å². The van der Waals surface area contributed by atoms with Crippen LogP contribution in [0.15, 0.2) is 0 Å². The SMILES string of the molecule is CCC1OC(=O)[C@H](C)[C@@H](O)C[C@@H](O)[C@](C)(O)C[C@@H](C)[C@H](O)C[C@@H](O)[C@]1(C)O. The number of aliphatic hydroxyl groups is 6. The summed E-state index contributed by atoms with van der Waals surface area (Å²) >= 11 is 0. The van der Waals surface area contributed by atoms with Crippen molar-refractivity contribution in [2.75, 3.05) is 0 Å². The lowest BCUT2D eigenvalue weighted by Gasteiger charge is -2.40. The number of carbonyl (C=O) groups is 1. The molecule has 0 spiro atoms. The molecule has 1 unspecified atom stereocenters.